The molecule has 0 radical (unpaired) electrons. The molecule has 21 heavy (non-hydrogen) atoms. The lowest BCUT2D eigenvalue weighted by Gasteiger charge is -2.27. The molecule has 0 spiro atoms. The van der Waals surface area contributed by atoms with Crippen molar-refractivity contribution < 1.29 is 13.6 Å². The Morgan fingerprint density at radius 2 is 2.00 bits per heavy atom. The zero-order valence-corrected chi connectivity index (χ0v) is 13.6. The summed E-state index contributed by atoms with van der Waals surface area (Å²) in [7, 11) is 0. The van der Waals surface area contributed by atoms with Gasteiger partial charge in [-0.2, -0.15) is 0 Å². The summed E-state index contributed by atoms with van der Waals surface area (Å²) in [6, 6.07) is 5.17. The van der Waals surface area contributed by atoms with Gasteiger partial charge in [0.15, 0.2) is 0 Å². The zero-order chi connectivity index (χ0) is 15.6. The molecule has 7 heteroatoms. The van der Waals surface area contributed by atoms with Crippen molar-refractivity contribution >= 4 is 44.7 Å². The van der Waals surface area contributed by atoms with Crippen LogP contribution >= 0.6 is 28.1 Å². The quantitative estimate of drug-likeness (QED) is 0.787. The highest BCUT2D eigenvalue weighted by atomic mass is 79.9. The highest BCUT2D eigenvalue weighted by Gasteiger charge is 2.37. The van der Waals surface area contributed by atoms with Crippen molar-refractivity contribution in [1.29, 1.82) is 0 Å². The molecule has 114 valence electrons. The molecule has 0 aromatic heterocycles. The van der Waals surface area contributed by atoms with Gasteiger partial charge in [0, 0.05) is 28.8 Å². The minimum atomic E-state index is -2.64. The molecule has 0 saturated heterocycles. The Bertz CT molecular complexity index is 570. The van der Waals surface area contributed by atoms with Crippen molar-refractivity contribution in [2.24, 2.45) is 11.7 Å². The largest absolute Gasteiger partial charge is 0.389 e. The van der Waals surface area contributed by atoms with E-state index in [-0.39, 0.29) is 36.6 Å². The van der Waals surface area contributed by atoms with E-state index in [2.05, 4.69) is 21.2 Å². The summed E-state index contributed by atoms with van der Waals surface area (Å²) in [5.74, 6) is -3.31. The minimum absolute atomic E-state index is 0.174. The molecule has 1 aromatic carbocycles. The van der Waals surface area contributed by atoms with Crippen LogP contribution in [0.4, 0.5) is 14.5 Å². The summed E-state index contributed by atoms with van der Waals surface area (Å²) in [5, 5.41) is 2.75. The van der Waals surface area contributed by atoms with Gasteiger partial charge in [0.05, 0.1) is 5.69 Å². The van der Waals surface area contributed by atoms with Crippen LogP contribution in [0.2, 0.25) is 0 Å². The number of carbonyl (C=O) groups is 1. The fourth-order valence-electron chi connectivity index (χ4n) is 2.37. The maximum absolute atomic E-state index is 13.1. The third kappa shape index (κ3) is 4.20. The third-order valence-corrected chi connectivity index (χ3v) is 4.31. The predicted octanol–water partition coefficient (Wildman–Crippen LogP) is 3.85. The highest BCUT2D eigenvalue weighted by Crippen LogP contribution is 2.36. The van der Waals surface area contributed by atoms with Gasteiger partial charge in [0.1, 0.15) is 4.99 Å². The van der Waals surface area contributed by atoms with Crippen LogP contribution in [-0.2, 0) is 4.79 Å². The number of nitrogens with one attached hydrogen (secondary N) is 1. The molecule has 1 saturated carbocycles. The van der Waals surface area contributed by atoms with E-state index in [1.165, 1.54) is 0 Å². The minimum Gasteiger partial charge on any atom is -0.389 e. The number of benzene rings is 1. The van der Waals surface area contributed by atoms with Crippen LogP contribution in [0.15, 0.2) is 22.7 Å². The van der Waals surface area contributed by atoms with E-state index >= 15 is 0 Å². The van der Waals surface area contributed by atoms with E-state index in [1.54, 1.807) is 18.2 Å². The van der Waals surface area contributed by atoms with Crippen molar-refractivity contribution in [1.82, 2.24) is 0 Å². The van der Waals surface area contributed by atoms with Crippen LogP contribution in [0.5, 0.6) is 0 Å². The van der Waals surface area contributed by atoms with Crippen molar-refractivity contribution in [2.45, 2.75) is 31.6 Å². The number of hydrogen-bond acceptors (Lipinski definition) is 2. The van der Waals surface area contributed by atoms with E-state index in [0.717, 1.165) is 4.47 Å². The molecule has 0 atom stereocenters. The molecule has 2 rings (SSSR count). The van der Waals surface area contributed by atoms with E-state index in [0.29, 0.717) is 11.3 Å². The number of thiocarbonyl (C=S) groups is 1. The number of amides is 1. The summed E-state index contributed by atoms with van der Waals surface area (Å²) >= 11 is 8.26. The fourth-order valence-corrected chi connectivity index (χ4v) is 2.91. The monoisotopic (exact) mass is 376 g/mol. The Hall–Kier alpha value is -1.08. The van der Waals surface area contributed by atoms with E-state index < -0.39 is 11.8 Å². The number of hydrogen-bond donors (Lipinski definition) is 2. The Labute approximate surface area is 135 Å². The van der Waals surface area contributed by atoms with Crippen molar-refractivity contribution in [3.05, 3.63) is 28.2 Å². The molecule has 1 amide bonds. The maximum atomic E-state index is 13.1. The van der Waals surface area contributed by atoms with Crippen LogP contribution in [-0.4, -0.2) is 16.8 Å². The lowest BCUT2D eigenvalue weighted by atomic mass is 9.86. The number of alkyl halides is 2. The standard InChI is InChI=1S/C14H15BrF2N2OS/c15-9-1-2-10(12(18)21)11(7-9)19-13(20)8-3-5-14(16,17)6-4-8/h1-2,7-8H,3-6H2,(H2,18,21)(H,19,20). The molecular formula is C14H15BrF2N2OS. The first-order valence-corrected chi connectivity index (χ1v) is 7.77. The molecule has 0 aliphatic heterocycles. The van der Waals surface area contributed by atoms with E-state index in [4.69, 9.17) is 18.0 Å². The second-order valence-corrected chi connectivity index (χ2v) is 6.53. The third-order valence-electron chi connectivity index (χ3n) is 3.59. The van der Waals surface area contributed by atoms with Crippen LogP contribution in [0.1, 0.15) is 31.2 Å². The van der Waals surface area contributed by atoms with E-state index in [9.17, 15) is 13.6 Å². The smallest absolute Gasteiger partial charge is 0.248 e. The highest BCUT2D eigenvalue weighted by molar-refractivity contribution is 9.10. The first-order valence-electron chi connectivity index (χ1n) is 6.56. The first-order chi connectivity index (χ1) is 9.78. The molecule has 3 N–H and O–H groups in total. The van der Waals surface area contributed by atoms with Crippen molar-refractivity contribution in [2.75, 3.05) is 5.32 Å². The van der Waals surface area contributed by atoms with Crippen molar-refractivity contribution in [3.8, 4) is 0 Å². The van der Waals surface area contributed by atoms with Gasteiger partial charge in [-0.15, -0.1) is 0 Å². The van der Waals surface area contributed by atoms with Gasteiger partial charge in [-0.25, -0.2) is 8.78 Å². The number of halogens is 3. The molecule has 1 aliphatic rings. The predicted molar refractivity (Wildman–Crippen MR) is 85.6 cm³/mol. The molecule has 1 aliphatic carbocycles. The van der Waals surface area contributed by atoms with Gasteiger partial charge in [-0.05, 0) is 31.0 Å². The molecule has 3 nitrogen and oxygen atoms in total. The maximum Gasteiger partial charge on any atom is 0.248 e. The zero-order valence-electron chi connectivity index (χ0n) is 11.2. The van der Waals surface area contributed by atoms with Gasteiger partial charge in [-0.3, -0.25) is 4.79 Å². The second kappa shape index (κ2) is 6.36. The lowest BCUT2D eigenvalue weighted by Crippen LogP contribution is -2.32. The molecule has 0 bridgehead atoms. The van der Waals surface area contributed by atoms with Gasteiger partial charge in [0.2, 0.25) is 11.8 Å². The van der Waals surface area contributed by atoms with Crippen LogP contribution in [0.25, 0.3) is 0 Å². The average Bonchev–Trinajstić information content (AvgIpc) is 2.38. The van der Waals surface area contributed by atoms with Crippen molar-refractivity contribution in [3.63, 3.8) is 0 Å². The number of anilines is 1. The Morgan fingerprint density at radius 1 is 1.38 bits per heavy atom. The van der Waals surface area contributed by atoms with Gasteiger partial charge >= 0.3 is 0 Å². The number of rotatable bonds is 3. The number of carbonyl (C=O) groups excluding carboxylic acids is 1. The Morgan fingerprint density at radius 3 is 2.57 bits per heavy atom. The molecular weight excluding hydrogens is 362 g/mol. The van der Waals surface area contributed by atoms with Gasteiger partial charge < -0.3 is 11.1 Å². The van der Waals surface area contributed by atoms with Crippen LogP contribution < -0.4 is 11.1 Å². The second-order valence-electron chi connectivity index (χ2n) is 5.17. The topological polar surface area (TPSA) is 55.1 Å². The SMILES string of the molecule is NC(=S)c1ccc(Br)cc1NC(=O)C1CCC(F)(F)CC1. The molecule has 1 fully saturated rings. The van der Waals surface area contributed by atoms with Crippen LogP contribution in [0, 0.1) is 5.92 Å². The first kappa shape index (κ1) is 16.3. The Kier molecular flexibility index (Phi) is 4.93. The van der Waals surface area contributed by atoms with Gasteiger partial charge in [-0.1, -0.05) is 28.1 Å². The van der Waals surface area contributed by atoms with Gasteiger partial charge in [0.25, 0.3) is 0 Å². The number of nitrogens with two attached hydrogens (primary N) is 1. The average molecular weight is 377 g/mol. The molecule has 0 unspecified atom stereocenters. The molecule has 0 heterocycles. The summed E-state index contributed by atoms with van der Waals surface area (Å²) < 4.78 is 27.0. The Balaban J connectivity index is 2.10. The van der Waals surface area contributed by atoms with E-state index in [1.807, 2.05) is 0 Å². The summed E-state index contributed by atoms with van der Waals surface area (Å²) in [6.07, 6.45) is -0.109. The summed E-state index contributed by atoms with van der Waals surface area (Å²) in [5.41, 5.74) is 6.68. The van der Waals surface area contributed by atoms with Crippen LogP contribution in [0.3, 0.4) is 0 Å². The summed E-state index contributed by atoms with van der Waals surface area (Å²) in [4.78, 5) is 12.4. The fraction of sp³-hybridized carbons (Fsp3) is 0.429. The summed E-state index contributed by atoms with van der Waals surface area (Å²) in [6.45, 7) is 0. The molecule has 1 aromatic rings. The lowest BCUT2D eigenvalue weighted by molar-refractivity contribution is -0.124. The normalized spacial score (nSPS) is 18.2.